The highest BCUT2D eigenvalue weighted by atomic mass is 15.2. The van der Waals surface area contributed by atoms with Crippen LogP contribution < -0.4 is 5.32 Å². The quantitative estimate of drug-likeness (QED) is 0.634. The van der Waals surface area contributed by atoms with Crippen molar-refractivity contribution in [1.82, 2.24) is 15.2 Å². The normalized spacial score (nSPS) is 23.1. The summed E-state index contributed by atoms with van der Waals surface area (Å²) < 4.78 is 0. The SMILES string of the molecule is C=C1C2=C(/C=C/NCCN(C3(CC)CCC3)CCN=C2)C(C)(C)c2[nH]c3cc(C#N)ccc3c21. The minimum Gasteiger partial charge on any atom is -0.390 e. The number of aromatic amines is 1. The molecule has 176 valence electrons. The van der Waals surface area contributed by atoms with E-state index in [1.807, 2.05) is 24.4 Å². The third kappa shape index (κ3) is 3.52. The molecule has 0 unspecified atom stereocenters. The van der Waals surface area contributed by atoms with Gasteiger partial charge in [-0.15, -0.1) is 0 Å². The Labute approximate surface area is 202 Å². The first-order valence-corrected chi connectivity index (χ1v) is 12.6. The maximum atomic E-state index is 9.36. The van der Waals surface area contributed by atoms with E-state index < -0.39 is 0 Å². The van der Waals surface area contributed by atoms with Crippen molar-refractivity contribution < 1.29 is 0 Å². The lowest BCUT2D eigenvalue weighted by atomic mass is 9.70. The fraction of sp³-hybridized carbons (Fsp3) is 0.448. The standard InChI is InChI=1S/C29H35N5/c1-5-29(10-6-11-29)34-15-13-31-12-9-24-23(19-32-14-16-34)20(2)26-22-8-7-21(18-30)17-25(22)33-27(26)28(24,3)4/h7-9,12,17,19,31,33H,2,5-6,10-11,13-16H2,1,3-4H3/b12-9+,32-19?. The molecule has 1 fully saturated rings. The minimum absolute atomic E-state index is 0.254. The largest absolute Gasteiger partial charge is 0.390 e. The van der Waals surface area contributed by atoms with Crippen molar-refractivity contribution in [3.63, 3.8) is 0 Å². The molecule has 2 aliphatic carbocycles. The Hall–Kier alpha value is -3.10. The average Bonchev–Trinajstić information content (AvgIpc) is 3.18. The maximum Gasteiger partial charge on any atom is 0.0992 e. The van der Waals surface area contributed by atoms with Crippen LogP contribution >= 0.6 is 0 Å². The molecule has 0 spiro atoms. The maximum absolute atomic E-state index is 9.36. The van der Waals surface area contributed by atoms with Gasteiger partial charge < -0.3 is 10.3 Å². The summed E-state index contributed by atoms with van der Waals surface area (Å²) in [5.74, 6) is 0. The molecule has 1 aromatic carbocycles. The van der Waals surface area contributed by atoms with Gasteiger partial charge in [-0.25, -0.2) is 0 Å². The van der Waals surface area contributed by atoms with Crippen molar-refractivity contribution in [1.29, 1.82) is 5.26 Å². The average molecular weight is 454 g/mol. The van der Waals surface area contributed by atoms with Gasteiger partial charge in [0.2, 0.25) is 0 Å². The predicted octanol–water partition coefficient (Wildman–Crippen LogP) is 5.46. The molecule has 1 saturated carbocycles. The first-order chi connectivity index (χ1) is 16.4. The summed E-state index contributed by atoms with van der Waals surface area (Å²) in [5, 5.41) is 14.0. The summed E-state index contributed by atoms with van der Waals surface area (Å²) in [4.78, 5) is 11.2. The Morgan fingerprint density at radius 1 is 1.24 bits per heavy atom. The van der Waals surface area contributed by atoms with E-state index in [-0.39, 0.29) is 5.41 Å². The van der Waals surface area contributed by atoms with Crippen LogP contribution in [0.3, 0.4) is 0 Å². The summed E-state index contributed by atoms with van der Waals surface area (Å²) >= 11 is 0. The lowest BCUT2D eigenvalue weighted by Crippen LogP contribution is -2.55. The highest BCUT2D eigenvalue weighted by Gasteiger charge is 2.40. The zero-order valence-corrected chi connectivity index (χ0v) is 20.7. The molecule has 5 heteroatoms. The number of benzene rings is 1. The highest BCUT2D eigenvalue weighted by Crippen LogP contribution is 2.48. The number of nitrogens with one attached hydrogen (secondary N) is 2. The van der Waals surface area contributed by atoms with Crippen molar-refractivity contribution in [2.45, 2.75) is 57.4 Å². The molecule has 2 aromatic rings. The van der Waals surface area contributed by atoms with E-state index in [1.165, 1.54) is 31.3 Å². The molecule has 5 rings (SSSR count). The topological polar surface area (TPSA) is 67.2 Å². The summed E-state index contributed by atoms with van der Waals surface area (Å²) in [6.07, 6.45) is 11.5. The van der Waals surface area contributed by atoms with Gasteiger partial charge in [-0.1, -0.05) is 33.4 Å². The lowest BCUT2D eigenvalue weighted by molar-refractivity contribution is 0.0161. The van der Waals surface area contributed by atoms with Gasteiger partial charge in [-0.3, -0.25) is 9.89 Å². The summed E-state index contributed by atoms with van der Waals surface area (Å²) in [7, 11) is 0. The fourth-order valence-corrected chi connectivity index (χ4v) is 6.09. The van der Waals surface area contributed by atoms with E-state index in [1.54, 1.807) is 0 Å². The number of aromatic nitrogens is 1. The van der Waals surface area contributed by atoms with Crippen LogP contribution in [-0.4, -0.2) is 47.8 Å². The van der Waals surface area contributed by atoms with Crippen molar-refractivity contribution in [3.05, 3.63) is 65.0 Å². The third-order valence-corrected chi connectivity index (χ3v) is 8.37. The fourth-order valence-electron chi connectivity index (χ4n) is 6.09. The van der Waals surface area contributed by atoms with Crippen molar-refractivity contribution in [2.75, 3.05) is 26.2 Å². The minimum atomic E-state index is -0.254. The van der Waals surface area contributed by atoms with Gasteiger partial charge in [0, 0.05) is 64.5 Å². The number of rotatable bonds is 2. The number of hydrogen-bond acceptors (Lipinski definition) is 4. The van der Waals surface area contributed by atoms with E-state index in [9.17, 15) is 5.26 Å². The number of H-pyrrole nitrogens is 1. The molecule has 0 amide bonds. The Kier molecular flexibility index (Phi) is 5.73. The summed E-state index contributed by atoms with van der Waals surface area (Å²) in [6.45, 7) is 15.1. The zero-order valence-electron chi connectivity index (χ0n) is 20.7. The molecule has 0 saturated heterocycles. The summed E-state index contributed by atoms with van der Waals surface area (Å²) in [5.41, 5.74) is 7.34. The Bertz CT molecular complexity index is 1250. The Balaban J connectivity index is 1.54. The Morgan fingerprint density at radius 3 is 2.76 bits per heavy atom. The lowest BCUT2D eigenvalue weighted by Gasteiger charge is -2.50. The molecule has 5 nitrogen and oxygen atoms in total. The van der Waals surface area contributed by atoms with E-state index in [2.05, 4.69) is 60.9 Å². The van der Waals surface area contributed by atoms with Gasteiger partial charge in [-0.05, 0) is 61.2 Å². The van der Waals surface area contributed by atoms with Crippen LogP contribution in [0, 0.1) is 11.3 Å². The molecule has 2 N–H and O–H groups in total. The van der Waals surface area contributed by atoms with E-state index in [0.29, 0.717) is 11.1 Å². The summed E-state index contributed by atoms with van der Waals surface area (Å²) in [6, 6.07) is 8.12. The van der Waals surface area contributed by atoms with Gasteiger partial charge in [-0.2, -0.15) is 5.26 Å². The predicted molar refractivity (Wildman–Crippen MR) is 141 cm³/mol. The molecule has 2 heterocycles. The van der Waals surface area contributed by atoms with Gasteiger partial charge in [0.25, 0.3) is 0 Å². The molecule has 0 atom stereocenters. The number of aliphatic imine (C=N–C) groups is 1. The van der Waals surface area contributed by atoms with E-state index >= 15 is 0 Å². The molecule has 0 radical (unpaired) electrons. The van der Waals surface area contributed by atoms with Gasteiger partial charge >= 0.3 is 0 Å². The zero-order chi connectivity index (χ0) is 23.9. The van der Waals surface area contributed by atoms with Crippen LogP contribution in [0.1, 0.15) is 63.3 Å². The smallest absolute Gasteiger partial charge is 0.0992 e. The molecule has 34 heavy (non-hydrogen) atoms. The molecule has 0 bridgehead atoms. The van der Waals surface area contributed by atoms with E-state index in [0.717, 1.165) is 59.5 Å². The van der Waals surface area contributed by atoms with Gasteiger partial charge in [0.15, 0.2) is 0 Å². The molecule has 1 aliphatic heterocycles. The molecular weight excluding hydrogens is 418 g/mol. The number of fused-ring (bicyclic) bond motifs is 3. The first kappa shape index (κ1) is 22.7. The van der Waals surface area contributed by atoms with Gasteiger partial charge in [0.05, 0.1) is 18.2 Å². The third-order valence-electron chi connectivity index (χ3n) is 8.37. The number of allylic oxidation sites excluding steroid dienone is 4. The second kappa shape index (κ2) is 8.60. The molecule has 3 aliphatic rings. The Morgan fingerprint density at radius 2 is 2.06 bits per heavy atom. The number of nitrogens with zero attached hydrogens (tertiary/aromatic N) is 3. The van der Waals surface area contributed by atoms with Gasteiger partial charge in [0.1, 0.15) is 0 Å². The first-order valence-electron chi connectivity index (χ1n) is 12.6. The number of hydrogen-bond donors (Lipinski definition) is 2. The second-order valence-electron chi connectivity index (χ2n) is 10.4. The number of nitriles is 1. The molecule has 1 aromatic heterocycles. The monoisotopic (exact) mass is 453 g/mol. The molecular formula is C29H35N5. The van der Waals surface area contributed by atoms with Crippen molar-refractivity contribution in [2.24, 2.45) is 4.99 Å². The van der Waals surface area contributed by atoms with E-state index in [4.69, 9.17) is 4.99 Å². The van der Waals surface area contributed by atoms with Crippen molar-refractivity contribution >= 4 is 22.7 Å². The van der Waals surface area contributed by atoms with Crippen LogP contribution in [-0.2, 0) is 5.41 Å². The second-order valence-corrected chi connectivity index (χ2v) is 10.4. The van der Waals surface area contributed by atoms with Crippen LogP contribution in [0.2, 0.25) is 0 Å². The van der Waals surface area contributed by atoms with Crippen LogP contribution in [0.5, 0.6) is 0 Å². The van der Waals surface area contributed by atoms with Crippen LogP contribution in [0.25, 0.3) is 16.5 Å². The highest BCUT2D eigenvalue weighted by molar-refractivity contribution is 6.10. The van der Waals surface area contributed by atoms with Crippen molar-refractivity contribution in [3.8, 4) is 6.07 Å². The van der Waals surface area contributed by atoms with Crippen LogP contribution in [0.15, 0.2) is 53.2 Å². The van der Waals surface area contributed by atoms with Crippen LogP contribution in [0.4, 0.5) is 0 Å².